The van der Waals surface area contributed by atoms with Crippen molar-refractivity contribution >= 4 is 23.9 Å². The number of aliphatic carboxylic acids is 1. The number of amides is 2. The first-order valence-electron chi connectivity index (χ1n) is 13.0. The van der Waals surface area contributed by atoms with Gasteiger partial charge in [0.15, 0.2) is 0 Å². The van der Waals surface area contributed by atoms with Crippen molar-refractivity contribution in [2.75, 3.05) is 14.1 Å². The number of nitrogens with one attached hydrogen (secondary N) is 1. The van der Waals surface area contributed by atoms with Crippen LogP contribution in [0.4, 0.5) is 4.79 Å². The highest BCUT2D eigenvalue weighted by Crippen LogP contribution is 2.65. The maximum atomic E-state index is 13.7. The Hall–Kier alpha value is -3.10. The molecule has 0 radical (unpaired) electrons. The summed E-state index contributed by atoms with van der Waals surface area (Å²) in [5.41, 5.74) is -1.34. The highest BCUT2D eigenvalue weighted by molar-refractivity contribution is 5.89. The van der Waals surface area contributed by atoms with Crippen LogP contribution >= 0.6 is 0 Å². The molecule has 0 saturated heterocycles. The molecule has 2 amide bonds. The SMILES string of the molecule is CN(C)C(=O)Oc1ccc(C[C@H](NC(=O)C23CC4CC(C2)CC(C(=O)OC(C)(C)C)(C4)C3)C(=O)O)cc1. The van der Waals surface area contributed by atoms with Gasteiger partial charge < -0.3 is 24.8 Å². The molecule has 202 valence electrons. The van der Waals surface area contributed by atoms with Gasteiger partial charge in [0.1, 0.15) is 17.4 Å². The van der Waals surface area contributed by atoms with Crippen LogP contribution in [0.1, 0.15) is 64.9 Å². The minimum atomic E-state index is -1.12. The predicted octanol–water partition coefficient (Wildman–Crippen LogP) is 3.79. The summed E-state index contributed by atoms with van der Waals surface area (Å²) in [6, 6.07) is 5.45. The van der Waals surface area contributed by atoms with Crippen molar-refractivity contribution in [2.24, 2.45) is 22.7 Å². The van der Waals surface area contributed by atoms with E-state index >= 15 is 0 Å². The van der Waals surface area contributed by atoms with Gasteiger partial charge in [-0.15, -0.1) is 0 Å². The van der Waals surface area contributed by atoms with Crippen LogP contribution in [0, 0.1) is 22.7 Å². The molecule has 0 heterocycles. The Morgan fingerprint density at radius 1 is 1.03 bits per heavy atom. The van der Waals surface area contributed by atoms with Crippen LogP contribution in [0.15, 0.2) is 24.3 Å². The van der Waals surface area contributed by atoms with E-state index in [2.05, 4.69) is 5.32 Å². The maximum Gasteiger partial charge on any atom is 0.414 e. The Kier molecular flexibility index (Phi) is 7.03. The van der Waals surface area contributed by atoms with Gasteiger partial charge in [-0.05, 0) is 88.8 Å². The number of benzene rings is 1. The lowest BCUT2D eigenvalue weighted by Gasteiger charge is -2.60. The summed E-state index contributed by atoms with van der Waals surface area (Å²) in [6.07, 6.45) is 3.82. The normalized spacial score (nSPS) is 28.8. The van der Waals surface area contributed by atoms with E-state index in [9.17, 15) is 24.3 Å². The molecule has 5 rings (SSSR count). The minimum Gasteiger partial charge on any atom is -0.480 e. The maximum absolute atomic E-state index is 13.7. The summed E-state index contributed by atoms with van der Waals surface area (Å²) in [6.45, 7) is 5.55. The number of esters is 1. The number of hydrogen-bond acceptors (Lipinski definition) is 6. The van der Waals surface area contributed by atoms with Crippen molar-refractivity contribution in [2.45, 2.75) is 77.4 Å². The zero-order valence-corrected chi connectivity index (χ0v) is 22.3. The molecule has 0 aromatic heterocycles. The first-order valence-corrected chi connectivity index (χ1v) is 13.0. The number of carbonyl (C=O) groups is 4. The number of carboxylic acids is 1. The molecule has 9 heteroatoms. The van der Waals surface area contributed by atoms with Gasteiger partial charge in [0.25, 0.3) is 0 Å². The molecule has 4 aliphatic carbocycles. The number of hydrogen-bond donors (Lipinski definition) is 2. The lowest BCUT2D eigenvalue weighted by Crippen LogP contribution is -2.61. The van der Waals surface area contributed by atoms with Gasteiger partial charge in [0.2, 0.25) is 5.91 Å². The van der Waals surface area contributed by atoms with Crippen LogP contribution in [0.3, 0.4) is 0 Å². The Bertz CT molecular complexity index is 1060. The third-order valence-electron chi connectivity index (χ3n) is 7.91. The summed E-state index contributed by atoms with van der Waals surface area (Å²) < 4.78 is 11.0. The van der Waals surface area contributed by atoms with Crippen molar-refractivity contribution in [1.82, 2.24) is 10.2 Å². The number of rotatable bonds is 7. The molecule has 9 nitrogen and oxygen atoms in total. The van der Waals surface area contributed by atoms with Crippen molar-refractivity contribution < 1.29 is 33.8 Å². The van der Waals surface area contributed by atoms with Crippen LogP contribution in [0.2, 0.25) is 0 Å². The monoisotopic (exact) mass is 514 g/mol. The first kappa shape index (κ1) is 26.9. The fourth-order valence-electron chi connectivity index (χ4n) is 6.79. The number of nitrogens with zero attached hydrogens (tertiary/aromatic N) is 1. The van der Waals surface area contributed by atoms with E-state index in [-0.39, 0.29) is 30.1 Å². The molecule has 1 aromatic carbocycles. The van der Waals surface area contributed by atoms with Crippen molar-refractivity contribution in [3.8, 4) is 5.75 Å². The molecule has 0 spiro atoms. The lowest BCUT2D eigenvalue weighted by molar-refractivity contribution is -0.193. The zero-order valence-electron chi connectivity index (χ0n) is 22.3. The van der Waals surface area contributed by atoms with E-state index in [0.717, 1.165) is 19.3 Å². The average Bonchev–Trinajstić information content (AvgIpc) is 2.77. The molecular weight excluding hydrogens is 476 g/mol. The number of carboxylic acid groups (broad SMARTS) is 1. The third kappa shape index (κ3) is 5.75. The quantitative estimate of drug-likeness (QED) is 0.531. The van der Waals surface area contributed by atoms with E-state index in [0.29, 0.717) is 30.6 Å². The van der Waals surface area contributed by atoms with E-state index in [4.69, 9.17) is 9.47 Å². The summed E-state index contributed by atoms with van der Waals surface area (Å²) >= 11 is 0. The minimum absolute atomic E-state index is 0.0864. The van der Waals surface area contributed by atoms with Crippen LogP contribution < -0.4 is 10.1 Å². The third-order valence-corrected chi connectivity index (χ3v) is 7.91. The second kappa shape index (κ2) is 9.65. The van der Waals surface area contributed by atoms with E-state index in [1.165, 1.54) is 4.90 Å². The highest BCUT2D eigenvalue weighted by Gasteiger charge is 2.64. The van der Waals surface area contributed by atoms with Gasteiger partial charge in [-0.3, -0.25) is 9.59 Å². The molecule has 0 aliphatic heterocycles. The van der Waals surface area contributed by atoms with Gasteiger partial charge >= 0.3 is 18.0 Å². The second-order valence-corrected chi connectivity index (χ2v) is 12.5. The molecule has 4 fully saturated rings. The smallest absolute Gasteiger partial charge is 0.414 e. The van der Waals surface area contributed by atoms with Crippen LogP contribution in [-0.2, 0) is 25.5 Å². The van der Waals surface area contributed by atoms with Crippen molar-refractivity contribution in [1.29, 1.82) is 0 Å². The number of ether oxygens (including phenoxy) is 2. The van der Waals surface area contributed by atoms with Gasteiger partial charge in [-0.2, -0.15) is 0 Å². The van der Waals surface area contributed by atoms with E-state index in [1.807, 2.05) is 20.8 Å². The van der Waals surface area contributed by atoms with Crippen LogP contribution in [0.5, 0.6) is 5.75 Å². The fraction of sp³-hybridized carbons (Fsp3) is 0.643. The van der Waals surface area contributed by atoms with Gasteiger partial charge in [-0.1, -0.05) is 12.1 Å². The number of carbonyl (C=O) groups excluding carboxylic acids is 3. The molecule has 3 atom stereocenters. The molecule has 2 N–H and O–H groups in total. The Morgan fingerprint density at radius 3 is 2.11 bits per heavy atom. The Labute approximate surface area is 217 Å². The van der Waals surface area contributed by atoms with Gasteiger partial charge in [-0.25, -0.2) is 9.59 Å². The topological polar surface area (TPSA) is 122 Å². The molecule has 1 aromatic rings. The highest BCUT2D eigenvalue weighted by atomic mass is 16.6. The van der Waals surface area contributed by atoms with Gasteiger partial charge in [0, 0.05) is 20.5 Å². The molecule has 4 saturated carbocycles. The predicted molar refractivity (Wildman–Crippen MR) is 135 cm³/mol. The summed E-state index contributed by atoms with van der Waals surface area (Å²) in [5.74, 6) is -0.752. The standard InChI is InChI=1S/C28H38N2O7/c1-26(2,3)37-24(34)28-14-18-10-19(15-28)13-27(12-18,16-28)23(33)29-21(22(31)32)11-17-6-8-20(9-7-17)36-25(35)30(4)5/h6-9,18-19,21H,10-16H2,1-5H3,(H,29,33)(H,31,32)/t18?,19?,21-,27?,28?/m0/s1. The first-order chi connectivity index (χ1) is 17.2. The molecule has 4 aliphatic rings. The zero-order chi connectivity index (χ0) is 27.2. The molecular formula is C28H38N2O7. The van der Waals surface area contributed by atoms with E-state index < -0.39 is 34.5 Å². The van der Waals surface area contributed by atoms with Gasteiger partial charge in [0.05, 0.1) is 10.8 Å². The van der Waals surface area contributed by atoms with Crippen molar-refractivity contribution in [3.05, 3.63) is 29.8 Å². The largest absolute Gasteiger partial charge is 0.480 e. The van der Waals surface area contributed by atoms with Crippen molar-refractivity contribution in [3.63, 3.8) is 0 Å². The van der Waals surface area contributed by atoms with Crippen LogP contribution in [-0.4, -0.2) is 59.7 Å². The van der Waals surface area contributed by atoms with Crippen LogP contribution in [0.25, 0.3) is 0 Å². The Balaban J connectivity index is 1.47. The fourth-order valence-corrected chi connectivity index (χ4v) is 6.79. The van der Waals surface area contributed by atoms with E-state index in [1.54, 1.807) is 38.4 Å². The summed E-state index contributed by atoms with van der Waals surface area (Å²) in [4.78, 5) is 52.2. The summed E-state index contributed by atoms with van der Waals surface area (Å²) in [7, 11) is 3.16. The molecule has 4 bridgehead atoms. The summed E-state index contributed by atoms with van der Waals surface area (Å²) in [5, 5.41) is 12.7. The second-order valence-electron chi connectivity index (χ2n) is 12.5. The lowest BCUT2D eigenvalue weighted by atomic mass is 9.44. The Morgan fingerprint density at radius 2 is 1.59 bits per heavy atom. The molecule has 37 heavy (non-hydrogen) atoms. The molecule has 2 unspecified atom stereocenters. The average molecular weight is 515 g/mol.